The summed E-state index contributed by atoms with van der Waals surface area (Å²) in [7, 11) is 0. The fourth-order valence-electron chi connectivity index (χ4n) is 3.00. The SMILES string of the molecule is Nc1c(C(=O)OCC(=O)N[C@@H]2CCCc3ccccc32)[nH]c(=O)[nH]c1=O. The summed E-state index contributed by atoms with van der Waals surface area (Å²) in [6.45, 7) is -0.550. The highest BCUT2D eigenvalue weighted by molar-refractivity contribution is 5.93. The van der Waals surface area contributed by atoms with Crippen molar-refractivity contribution in [2.75, 3.05) is 12.3 Å². The van der Waals surface area contributed by atoms with Crippen LogP contribution in [-0.4, -0.2) is 28.5 Å². The molecule has 1 aromatic carbocycles. The molecule has 1 heterocycles. The second-order valence-corrected chi connectivity index (χ2v) is 5.98. The van der Waals surface area contributed by atoms with Crippen LogP contribution >= 0.6 is 0 Å². The van der Waals surface area contributed by atoms with E-state index in [1.807, 2.05) is 29.2 Å². The third-order valence-electron chi connectivity index (χ3n) is 4.22. The van der Waals surface area contributed by atoms with Crippen LogP contribution in [0.2, 0.25) is 0 Å². The molecule has 9 heteroatoms. The first-order valence-electron chi connectivity index (χ1n) is 8.12. The van der Waals surface area contributed by atoms with Gasteiger partial charge in [-0.3, -0.25) is 19.6 Å². The zero-order chi connectivity index (χ0) is 18.7. The molecule has 0 fully saturated rings. The van der Waals surface area contributed by atoms with E-state index in [0.29, 0.717) is 0 Å². The summed E-state index contributed by atoms with van der Waals surface area (Å²) in [5.41, 5.74) is 4.95. The number of nitrogen functional groups attached to an aromatic ring is 1. The van der Waals surface area contributed by atoms with Gasteiger partial charge in [-0.1, -0.05) is 24.3 Å². The van der Waals surface area contributed by atoms with Crippen molar-refractivity contribution >= 4 is 17.6 Å². The van der Waals surface area contributed by atoms with Crippen molar-refractivity contribution in [1.29, 1.82) is 0 Å². The Morgan fingerprint density at radius 2 is 2.00 bits per heavy atom. The maximum absolute atomic E-state index is 12.1. The van der Waals surface area contributed by atoms with Gasteiger partial charge in [0.2, 0.25) is 0 Å². The molecule has 0 spiro atoms. The first kappa shape index (κ1) is 17.5. The number of H-pyrrole nitrogens is 2. The molecule has 0 saturated heterocycles. The van der Waals surface area contributed by atoms with Crippen molar-refractivity contribution in [2.24, 2.45) is 0 Å². The Kier molecular flexibility index (Phi) is 4.87. The smallest absolute Gasteiger partial charge is 0.357 e. The van der Waals surface area contributed by atoms with Gasteiger partial charge in [0.05, 0.1) is 6.04 Å². The average Bonchev–Trinajstić information content (AvgIpc) is 2.63. The van der Waals surface area contributed by atoms with E-state index in [1.54, 1.807) is 0 Å². The van der Waals surface area contributed by atoms with Crippen LogP contribution in [0.25, 0.3) is 0 Å². The number of hydrogen-bond acceptors (Lipinski definition) is 6. The minimum absolute atomic E-state index is 0.143. The van der Waals surface area contributed by atoms with Crippen molar-refractivity contribution in [3.63, 3.8) is 0 Å². The largest absolute Gasteiger partial charge is 0.451 e. The molecule has 1 aliphatic rings. The molecule has 0 radical (unpaired) electrons. The first-order valence-corrected chi connectivity index (χ1v) is 8.12. The number of carbonyl (C=O) groups is 2. The summed E-state index contributed by atoms with van der Waals surface area (Å²) in [6.07, 6.45) is 2.71. The van der Waals surface area contributed by atoms with Gasteiger partial charge in [0, 0.05) is 0 Å². The number of carbonyl (C=O) groups excluding carboxylic acids is 2. The number of fused-ring (bicyclic) bond motifs is 1. The fraction of sp³-hybridized carbons (Fsp3) is 0.294. The Morgan fingerprint density at radius 3 is 2.81 bits per heavy atom. The normalized spacial score (nSPS) is 15.8. The van der Waals surface area contributed by atoms with E-state index >= 15 is 0 Å². The van der Waals surface area contributed by atoms with Gasteiger partial charge < -0.3 is 15.8 Å². The molecule has 2 aromatic rings. The summed E-state index contributed by atoms with van der Waals surface area (Å²) in [6, 6.07) is 7.72. The Morgan fingerprint density at radius 1 is 1.23 bits per heavy atom. The number of rotatable bonds is 4. The van der Waals surface area contributed by atoms with Crippen molar-refractivity contribution in [3.8, 4) is 0 Å². The molecule has 1 aromatic heterocycles. The van der Waals surface area contributed by atoms with Crippen molar-refractivity contribution in [2.45, 2.75) is 25.3 Å². The number of anilines is 1. The van der Waals surface area contributed by atoms with E-state index in [4.69, 9.17) is 10.5 Å². The zero-order valence-electron chi connectivity index (χ0n) is 13.8. The van der Waals surface area contributed by atoms with Crippen LogP contribution in [0.1, 0.15) is 40.5 Å². The van der Waals surface area contributed by atoms with Gasteiger partial charge in [-0.15, -0.1) is 0 Å². The van der Waals surface area contributed by atoms with Crippen LogP contribution in [0, 0.1) is 0 Å². The molecule has 0 unspecified atom stereocenters. The van der Waals surface area contributed by atoms with Crippen LogP contribution in [0.4, 0.5) is 5.69 Å². The van der Waals surface area contributed by atoms with Gasteiger partial charge >= 0.3 is 11.7 Å². The van der Waals surface area contributed by atoms with E-state index < -0.39 is 41.1 Å². The number of benzene rings is 1. The molecular weight excluding hydrogens is 340 g/mol. The predicted octanol–water partition coefficient (Wildman–Crippen LogP) is -0.00400. The highest BCUT2D eigenvalue weighted by Crippen LogP contribution is 2.29. The van der Waals surface area contributed by atoms with Crippen LogP contribution in [-0.2, 0) is 16.0 Å². The summed E-state index contributed by atoms with van der Waals surface area (Å²) < 4.78 is 4.86. The Labute approximate surface area is 147 Å². The molecule has 3 rings (SSSR count). The average molecular weight is 358 g/mol. The van der Waals surface area contributed by atoms with Crippen LogP contribution in [0.5, 0.6) is 0 Å². The third kappa shape index (κ3) is 3.66. The lowest BCUT2D eigenvalue weighted by Crippen LogP contribution is -2.35. The van der Waals surface area contributed by atoms with E-state index in [-0.39, 0.29) is 6.04 Å². The molecule has 26 heavy (non-hydrogen) atoms. The van der Waals surface area contributed by atoms with E-state index in [2.05, 4.69) is 10.3 Å². The minimum Gasteiger partial charge on any atom is -0.451 e. The summed E-state index contributed by atoms with van der Waals surface area (Å²) in [5.74, 6) is -1.53. The fourth-order valence-corrected chi connectivity index (χ4v) is 3.00. The quantitative estimate of drug-likeness (QED) is 0.565. The van der Waals surface area contributed by atoms with Crippen LogP contribution in [0.15, 0.2) is 33.9 Å². The van der Waals surface area contributed by atoms with Gasteiger partial charge in [0.1, 0.15) is 5.69 Å². The lowest BCUT2D eigenvalue weighted by Gasteiger charge is -2.26. The third-order valence-corrected chi connectivity index (χ3v) is 4.22. The number of nitrogens with one attached hydrogen (secondary N) is 3. The minimum atomic E-state index is -1.05. The predicted molar refractivity (Wildman–Crippen MR) is 92.6 cm³/mol. The number of hydrogen-bond donors (Lipinski definition) is 4. The van der Waals surface area contributed by atoms with Gasteiger partial charge in [0.25, 0.3) is 11.5 Å². The molecule has 9 nitrogen and oxygen atoms in total. The number of aryl methyl sites for hydroxylation is 1. The molecule has 1 amide bonds. The maximum Gasteiger partial charge on any atom is 0.357 e. The first-order chi connectivity index (χ1) is 12.5. The summed E-state index contributed by atoms with van der Waals surface area (Å²) in [5, 5.41) is 2.83. The number of aromatic nitrogens is 2. The molecule has 0 saturated carbocycles. The van der Waals surface area contributed by atoms with E-state index in [0.717, 1.165) is 24.8 Å². The zero-order valence-corrected chi connectivity index (χ0v) is 13.8. The van der Waals surface area contributed by atoms with Gasteiger partial charge in [-0.05, 0) is 30.4 Å². The molecule has 1 atom stereocenters. The number of esters is 1. The van der Waals surface area contributed by atoms with Crippen LogP contribution < -0.4 is 22.3 Å². The molecular formula is C17H18N4O5. The Balaban J connectivity index is 1.63. The number of aromatic amines is 2. The second kappa shape index (κ2) is 7.26. The molecule has 5 N–H and O–H groups in total. The second-order valence-electron chi connectivity index (χ2n) is 5.98. The molecule has 0 aliphatic heterocycles. The number of amides is 1. The topological polar surface area (TPSA) is 147 Å². The number of nitrogens with two attached hydrogens (primary N) is 1. The molecule has 136 valence electrons. The standard InChI is InChI=1S/C17H18N4O5/c18-13-14(20-17(25)21-15(13)23)16(24)26-8-12(22)19-11-7-3-5-9-4-1-2-6-10(9)11/h1-2,4,6,11H,3,5,7-8,18H2,(H,19,22)(H2,20,21,23,25)/t11-/m1/s1. The summed E-state index contributed by atoms with van der Waals surface area (Å²) >= 11 is 0. The van der Waals surface area contributed by atoms with Gasteiger partial charge in [-0.25, -0.2) is 9.59 Å². The number of ether oxygens (including phenoxy) is 1. The van der Waals surface area contributed by atoms with E-state index in [9.17, 15) is 19.2 Å². The lowest BCUT2D eigenvalue weighted by atomic mass is 9.88. The molecule has 0 bridgehead atoms. The van der Waals surface area contributed by atoms with Gasteiger partial charge in [0.15, 0.2) is 12.3 Å². The highest BCUT2D eigenvalue weighted by Gasteiger charge is 2.22. The van der Waals surface area contributed by atoms with Crippen molar-refractivity contribution in [1.82, 2.24) is 15.3 Å². The van der Waals surface area contributed by atoms with Crippen LogP contribution in [0.3, 0.4) is 0 Å². The highest BCUT2D eigenvalue weighted by atomic mass is 16.5. The van der Waals surface area contributed by atoms with Crippen molar-refractivity contribution < 1.29 is 14.3 Å². The Hall–Kier alpha value is -3.36. The van der Waals surface area contributed by atoms with E-state index in [1.165, 1.54) is 5.56 Å². The van der Waals surface area contributed by atoms with Gasteiger partial charge in [-0.2, -0.15) is 0 Å². The lowest BCUT2D eigenvalue weighted by molar-refractivity contribution is -0.125. The summed E-state index contributed by atoms with van der Waals surface area (Å²) in [4.78, 5) is 50.7. The molecule has 1 aliphatic carbocycles. The Bertz CT molecular complexity index is 962. The monoisotopic (exact) mass is 358 g/mol. The maximum atomic E-state index is 12.1. The van der Waals surface area contributed by atoms with Crippen molar-refractivity contribution in [3.05, 3.63) is 61.9 Å².